The number of para-hydroxylation sites is 4. The number of furan rings is 1. The lowest BCUT2D eigenvalue weighted by Crippen LogP contribution is -2.56. The Morgan fingerprint density at radius 3 is 0.821 bits per heavy atom. The maximum absolute atomic E-state index is 7.26. The Bertz CT molecular complexity index is 1310. The first-order chi connectivity index (χ1) is 18.7. The highest BCUT2D eigenvalue weighted by molar-refractivity contribution is 7.00. The monoisotopic (exact) mass is 546 g/mol. The zero-order valence-electron chi connectivity index (χ0n) is 23.8. The molecule has 5 heteroatoms. The minimum atomic E-state index is -1.92. The summed E-state index contributed by atoms with van der Waals surface area (Å²) in [6, 6.07) is 42.4. The summed E-state index contributed by atoms with van der Waals surface area (Å²) in [5.74, 6) is 1.88. The Morgan fingerprint density at radius 1 is 0.385 bits per heavy atom. The van der Waals surface area contributed by atoms with Gasteiger partial charge in [-0.2, -0.15) is 0 Å². The Hall–Kier alpha value is -3.81. The molecule has 0 radical (unpaired) electrons. The van der Waals surface area contributed by atoms with Gasteiger partial charge in [0, 0.05) is 33.1 Å². The fraction of sp³-hybridized carbons (Fsp3) is 0.176. The van der Waals surface area contributed by atoms with Gasteiger partial charge < -0.3 is 4.42 Å². The lowest BCUT2D eigenvalue weighted by atomic mass is 10.2. The molecular formula is C34H38N2OSi2. The Kier molecular flexibility index (Phi) is 7.39. The molecule has 0 aliphatic carbocycles. The highest BCUT2D eigenvalue weighted by atomic mass is 28.3. The molecule has 1 heterocycles. The maximum atomic E-state index is 7.26. The van der Waals surface area contributed by atoms with Crippen LogP contribution in [0.25, 0.3) is 0 Å². The SMILES string of the molecule is C[Si](C)(C)c1c(N(c2ccccc2)c2ccccc2)oc(N(c2ccccc2)c2ccccc2)c1[Si](C)(C)C. The third-order valence-corrected chi connectivity index (χ3v) is 11.0. The Morgan fingerprint density at radius 2 is 0.615 bits per heavy atom. The first-order valence-electron chi connectivity index (χ1n) is 13.6. The van der Waals surface area contributed by atoms with Crippen molar-refractivity contribution in [3.8, 4) is 0 Å². The summed E-state index contributed by atoms with van der Waals surface area (Å²) in [4.78, 5) is 4.63. The molecule has 0 aliphatic rings. The molecule has 3 nitrogen and oxygen atoms in total. The fourth-order valence-electron chi connectivity index (χ4n) is 5.19. The van der Waals surface area contributed by atoms with Crippen molar-refractivity contribution in [3.63, 3.8) is 0 Å². The zero-order chi connectivity index (χ0) is 27.6. The van der Waals surface area contributed by atoms with Crippen LogP contribution in [-0.4, -0.2) is 16.1 Å². The largest absolute Gasteiger partial charge is 0.424 e. The standard InChI is InChI=1S/C34H38N2OSi2/c1-38(2,3)31-32(39(4,5)6)34(36(29-23-15-9-16-24-29)30-25-17-10-18-26-30)37-33(31)35(27-19-11-7-12-20-27)28-21-13-8-14-22-28/h7-26H,1-6H3. The van der Waals surface area contributed by atoms with Gasteiger partial charge in [-0.05, 0) is 48.5 Å². The van der Waals surface area contributed by atoms with E-state index in [1.54, 1.807) is 0 Å². The second kappa shape index (κ2) is 10.8. The third-order valence-electron chi connectivity index (χ3n) is 6.83. The van der Waals surface area contributed by atoms with Crippen LogP contribution in [0, 0.1) is 0 Å². The molecule has 5 aromatic rings. The van der Waals surface area contributed by atoms with Crippen LogP contribution in [0.4, 0.5) is 34.5 Å². The van der Waals surface area contributed by atoms with Gasteiger partial charge in [0.15, 0.2) is 0 Å². The zero-order valence-corrected chi connectivity index (χ0v) is 25.8. The topological polar surface area (TPSA) is 19.6 Å². The Balaban J connectivity index is 1.89. The first-order valence-corrected chi connectivity index (χ1v) is 20.6. The van der Waals surface area contributed by atoms with E-state index >= 15 is 0 Å². The van der Waals surface area contributed by atoms with E-state index in [1.807, 2.05) is 0 Å². The van der Waals surface area contributed by atoms with Crippen molar-refractivity contribution >= 4 is 61.0 Å². The van der Waals surface area contributed by atoms with Gasteiger partial charge in [-0.3, -0.25) is 9.80 Å². The molecular weight excluding hydrogens is 509 g/mol. The molecule has 0 spiro atoms. The quantitative estimate of drug-likeness (QED) is 0.181. The molecule has 0 fully saturated rings. The van der Waals surface area contributed by atoms with Gasteiger partial charge in [0.25, 0.3) is 0 Å². The van der Waals surface area contributed by atoms with E-state index in [2.05, 4.69) is 170 Å². The minimum absolute atomic E-state index is 0.941. The lowest BCUT2D eigenvalue weighted by Gasteiger charge is -2.30. The van der Waals surface area contributed by atoms with Gasteiger partial charge in [0.2, 0.25) is 11.8 Å². The molecule has 0 N–H and O–H groups in total. The van der Waals surface area contributed by atoms with Crippen LogP contribution >= 0.6 is 0 Å². The van der Waals surface area contributed by atoms with E-state index in [4.69, 9.17) is 4.42 Å². The smallest absolute Gasteiger partial charge is 0.206 e. The number of benzene rings is 4. The summed E-state index contributed by atoms with van der Waals surface area (Å²) in [5.41, 5.74) is 4.38. The van der Waals surface area contributed by atoms with E-state index in [1.165, 1.54) is 10.4 Å². The Labute approximate surface area is 235 Å². The average molecular weight is 547 g/mol. The molecule has 4 aromatic carbocycles. The molecule has 1 aromatic heterocycles. The van der Waals surface area contributed by atoms with Crippen LogP contribution in [0.5, 0.6) is 0 Å². The van der Waals surface area contributed by atoms with Crippen LogP contribution in [0.2, 0.25) is 39.3 Å². The summed E-state index contributed by atoms with van der Waals surface area (Å²) in [5, 5.41) is 2.81. The van der Waals surface area contributed by atoms with Crippen LogP contribution in [0.1, 0.15) is 0 Å². The summed E-state index contributed by atoms with van der Waals surface area (Å²) >= 11 is 0. The summed E-state index contributed by atoms with van der Waals surface area (Å²) < 4.78 is 7.26. The minimum Gasteiger partial charge on any atom is -0.424 e. The number of hydrogen-bond donors (Lipinski definition) is 0. The van der Waals surface area contributed by atoms with E-state index in [0.717, 1.165) is 34.5 Å². The second-order valence-electron chi connectivity index (χ2n) is 12.0. The fourth-order valence-corrected chi connectivity index (χ4v) is 10.8. The van der Waals surface area contributed by atoms with E-state index in [-0.39, 0.29) is 0 Å². The van der Waals surface area contributed by atoms with Crippen LogP contribution in [-0.2, 0) is 0 Å². The van der Waals surface area contributed by atoms with E-state index < -0.39 is 16.1 Å². The van der Waals surface area contributed by atoms with Gasteiger partial charge in [-0.1, -0.05) is 112 Å². The molecule has 198 valence electrons. The predicted octanol–water partition coefficient (Wildman–Crippen LogP) is 9.31. The summed E-state index contributed by atoms with van der Waals surface area (Å²) in [6.07, 6.45) is 0. The predicted molar refractivity (Wildman–Crippen MR) is 174 cm³/mol. The summed E-state index contributed by atoms with van der Waals surface area (Å²) in [7, 11) is -3.83. The first kappa shape index (κ1) is 26.8. The van der Waals surface area contributed by atoms with Crippen LogP contribution in [0.3, 0.4) is 0 Å². The van der Waals surface area contributed by atoms with Crippen molar-refractivity contribution in [1.29, 1.82) is 0 Å². The second-order valence-corrected chi connectivity index (χ2v) is 22.0. The van der Waals surface area contributed by atoms with Crippen LogP contribution in [0.15, 0.2) is 126 Å². The molecule has 0 unspecified atom stereocenters. The van der Waals surface area contributed by atoms with Gasteiger partial charge in [-0.25, -0.2) is 0 Å². The van der Waals surface area contributed by atoms with Crippen molar-refractivity contribution in [1.82, 2.24) is 0 Å². The van der Waals surface area contributed by atoms with Crippen molar-refractivity contribution < 1.29 is 4.42 Å². The number of rotatable bonds is 8. The van der Waals surface area contributed by atoms with Crippen LogP contribution < -0.4 is 20.2 Å². The molecule has 0 saturated carbocycles. The number of hydrogen-bond acceptors (Lipinski definition) is 3. The van der Waals surface area contributed by atoms with Gasteiger partial charge >= 0.3 is 0 Å². The van der Waals surface area contributed by atoms with Gasteiger partial charge in [0.05, 0.1) is 16.1 Å². The van der Waals surface area contributed by atoms with Crippen molar-refractivity contribution in [2.75, 3.05) is 9.80 Å². The number of anilines is 6. The van der Waals surface area contributed by atoms with Gasteiger partial charge in [0.1, 0.15) is 0 Å². The van der Waals surface area contributed by atoms with Gasteiger partial charge in [-0.15, -0.1) is 0 Å². The molecule has 0 bridgehead atoms. The average Bonchev–Trinajstić information content (AvgIpc) is 3.32. The van der Waals surface area contributed by atoms with E-state index in [0.29, 0.717) is 0 Å². The number of nitrogens with zero attached hydrogens (tertiary/aromatic N) is 2. The molecule has 0 aliphatic heterocycles. The lowest BCUT2D eigenvalue weighted by molar-refractivity contribution is 0.583. The van der Waals surface area contributed by atoms with Crippen molar-refractivity contribution in [2.24, 2.45) is 0 Å². The highest BCUT2D eigenvalue weighted by Crippen LogP contribution is 2.41. The highest BCUT2D eigenvalue weighted by Gasteiger charge is 2.41. The molecule has 5 rings (SSSR count). The van der Waals surface area contributed by atoms with Crippen molar-refractivity contribution in [2.45, 2.75) is 39.3 Å². The molecule has 0 atom stereocenters. The molecule has 0 saturated heterocycles. The molecule has 39 heavy (non-hydrogen) atoms. The van der Waals surface area contributed by atoms with E-state index in [9.17, 15) is 0 Å². The molecule has 0 amide bonds. The summed E-state index contributed by atoms with van der Waals surface area (Å²) in [6.45, 7) is 14.7. The third kappa shape index (κ3) is 5.51. The normalized spacial score (nSPS) is 11.8. The van der Waals surface area contributed by atoms with Crippen molar-refractivity contribution in [3.05, 3.63) is 121 Å². The maximum Gasteiger partial charge on any atom is 0.206 e.